The molecule has 1 saturated heterocycles. The van der Waals surface area contributed by atoms with Crippen LogP contribution in [0.2, 0.25) is 0 Å². The third-order valence-corrected chi connectivity index (χ3v) is 3.93. The van der Waals surface area contributed by atoms with Crippen LogP contribution in [0.1, 0.15) is 16.8 Å². The lowest BCUT2D eigenvalue weighted by atomic mass is 10.0. The summed E-state index contributed by atoms with van der Waals surface area (Å²) >= 11 is 0. The third kappa shape index (κ3) is 2.59. The van der Waals surface area contributed by atoms with Crippen molar-refractivity contribution in [2.24, 2.45) is 0 Å². The number of para-hydroxylation sites is 1. The van der Waals surface area contributed by atoms with Gasteiger partial charge in [-0.25, -0.2) is 4.79 Å². The number of halogens is 3. The Labute approximate surface area is 127 Å². The maximum absolute atomic E-state index is 12.8. The molecule has 1 N–H and O–H groups in total. The molecule has 0 radical (unpaired) electrons. The predicted octanol–water partition coefficient (Wildman–Crippen LogP) is 1.93. The molecule has 2 aromatic rings. The molecule has 1 aromatic carbocycles. The average Bonchev–Trinajstić information content (AvgIpc) is 2.89. The van der Waals surface area contributed by atoms with Gasteiger partial charge in [0.05, 0.1) is 6.54 Å². The number of hydrogen-bond donors (Lipinski definition) is 1. The topological polar surface area (TPSA) is 70.8 Å². The molecule has 122 valence electrons. The summed E-state index contributed by atoms with van der Waals surface area (Å²) in [4.78, 5) is 25.0. The summed E-state index contributed by atoms with van der Waals surface area (Å²) in [5.74, 6) is -0.885. The zero-order chi connectivity index (χ0) is 16.8. The molecule has 23 heavy (non-hydrogen) atoms. The predicted molar refractivity (Wildman–Crippen MR) is 74.0 cm³/mol. The maximum Gasteiger partial charge on any atom is 0.419 e. The van der Waals surface area contributed by atoms with E-state index in [0.29, 0.717) is 5.39 Å². The Hall–Kier alpha value is -2.35. The number of alkyl halides is 3. The zero-order valence-corrected chi connectivity index (χ0v) is 11.8. The summed E-state index contributed by atoms with van der Waals surface area (Å²) in [6.45, 7) is -1.19. The number of aliphatic hydroxyl groups is 1. The first-order valence-corrected chi connectivity index (χ1v) is 6.82. The Morgan fingerprint density at radius 1 is 1.30 bits per heavy atom. The number of carbonyl (C=O) groups excluding carboxylic acids is 1. The zero-order valence-electron chi connectivity index (χ0n) is 11.8. The second-order valence-electron chi connectivity index (χ2n) is 5.49. The van der Waals surface area contributed by atoms with Crippen molar-refractivity contribution in [1.82, 2.24) is 4.90 Å². The molecule has 1 atom stereocenters. The van der Waals surface area contributed by atoms with Crippen molar-refractivity contribution >= 4 is 16.9 Å². The number of rotatable bonds is 1. The molecule has 0 saturated carbocycles. The summed E-state index contributed by atoms with van der Waals surface area (Å²) < 4.78 is 43.4. The third-order valence-electron chi connectivity index (χ3n) is 3.93. The Kier molecular flexibility index (Phi) is 3.44. The van der Waals surface area contributed by atoms with Crippen molar-refractivity contribution < 1.29 is 27.5 Å². The normalized spacial score (nSPS) is 21.8. The Bertz CT molecular complexity index is 829. The SMILES string of the molecule is O=C(c1cc2ccccc2oc1=O)N1CC[C@](O)(C(F)(F)F)C1. The van der Waals surface area contributed by atoms with Crippen molar-refractivity contribution in [3.05, 3.63) is 46.3 Å². The van der Waals surface area contributed by atoms with Crippen molar-refractivity contribution in [1.29, 1.82) is 0 Å². The first-order chi connectivity index (χ1) is 10.7. The molecule has 1 fully saturated rings. The van der Waals surface area contributed by atoms with E-state index in [2.05, 4.69) is 0 Å². The van der Waals surface area contributed by atoms with E-state index in [4.69, 9.17) is 4.42 Å². The minimum atomic E-state index is -4.84. The molecular weight excluding hydrogens is 315 g/mol. The first kappa shape index (κ1) is 15.5. The van der Waals surface area contributed by atoms with Crippen LogP contribution in [-0.2, 0) is 0 Å². The molecule has 0 unspecified atom stereocenters. The Morgan fingerprint density at radius 2 is 2.00 bits per heavy atom. The van der Waals surface area contributed by atoms with Crippen LogP contribution in [-0.4, -0.2) is 40.8 Å². The van der Waals surface area contributed by atoms with E-state index in [1.807, 2.05) is 0 Å². The lowest BCUT2D eigenvalue weighted by Crippen LogP contribution is -2.48. The fourth-order valence-electron chi connectivity index (χ4n) is 2.58. The van der Waals surface area contributed by atoms with Gasteiger partial charge in [0.25, 0.3) is 5.91 Å². The van der Waals surface area contributed by atoms with Gasteiger partial charge in [-0.05, 0) is 12.1 Å². The highest BCUT2D eigenvalue weighted by atomic mass is 19.4. The summed E-state index contributed by atoms with van der Waals surface area (Å²) in [6.07, 6.45) is -5.46. The van der Waals surface area contributed by atoms with Crippen LogP contribution < -0.4 is 5.63 Å². The molecule has 0 aliphatic carbocycles. The summed E-state index contributed by atoms with van der Waals surface area (Å²) in [7, 11) is 0. The van der Waals surface area contributed by atoms with Crippen molar-refractivity contribution in [2.45, 2.75) is 18.2 Å². The second-order valence-corrected chi connectivity index (χ2v) is 5.49. The second kappa shape index (κ2) is 5.09. The number of amides is 1. The van der Waals surface area contributed by atoms with Gasteiger partial charge >= 0.3 is 11.8 Å². The van der Waals surface area contributed by atoms with Crippen LogP contribution in [0.3, 0.4) is 0 Å². The van der Waals surface area contributed by atoms with Gasteiger partial charge in [0.2, 0.25) is 0 Å². The maximum atomic E-state index is 12.8. The van der Waals surface area contributed by atoms with Crippen LogP contribution in [0.15, 0.2) is 39.5 Å². The molecule has 1 aliphatic rings. The highest BCUT2D eigenvalue weighted by Crippen LogP contribution is 2.37. The Morgan fingerprint density at radius 3 is 2.65 bits per heavy atom. The molecule has 1 aliphatic heterocycles. The van der Waals surface area contributed by atoms with E-state index < -0.39 is 36.3 Å². The van der Waals surface area contributed by atoms with Crippen LogP contribution in [0.4, 0.5) is 13.2 Å². The molecule has 1 aromatic heterocycles. The van der Waals surface area contributed by atoms with E-state index in [9.17, 15) is 27.9 Å². The van der Waals surface area contributed by atoms with E-state index in [1.165, 1.54) is 6.07 Å². The fourth-order valence-corrected chi connectivity index (χ4v) is 2.58. The highest BCUT2D eigenvalue weighted by molar-refractivity contribution is 5.96. The lowest BCUT2D eigenvalue weighted by Gasteiger charge is -2.25. The lowest BCUT2D eigenvalue weighted by molar-refractivity contribution is -0.253. The van der Waals surface area contributed by atoms with Crippen LogP contribution in [0.5, 0.6) is 0 Å². The van der Waals surface area contributed by atoms with Crippen molar-refractivity contribution in [2.75, 3.05) is 13.1 Å². The molecule has 0 bridgehead atoms. The molecule has 2 heterocycles. The monoisotopic (exact) mass is 327 g/mol. The highest BCUT2D eigenvalue weighted by Gasteiger charge is 2.57. The van der Waals surface area contributed by atoms with Gasteiger partial charge in [-0.15, -0.1) is 0 Å². The number of benzene rings is 1. The quantitative estimate of drug-likeness (QED) is 0.813. The summed E-state index contributed by atoms with van der Waals surface area (Å²) in [6, 6.07) is 7.77. The number of carbonyl (C=O) groups is 1. The molecule has 0 spiro atoms. The Balaban J connectivity index is 1.93. The van der Waals surface area contributed by atoms with Gasteiger partial charge in [0, 0.05) is 18.4 Å². The standard InChI is InChI=1S/C15H12F3NO4/c16-15(17,18)14(22)5-6-19(8-14)12(20)10-7-9-3-1-2-4-11(9)23-13(10)21/h1-4,7,22H,5-6,8H2/t14-/m1/s1. The summed E-state index contributed by atoms with van der Waals surface area (Å²) in [5.41, 5.74) is -3.94. The molecular formula is C15H12F3NO4. The van der Waals surface area contributed by atoms with E-state index in [1.54, 1.807) is 24.3 Å². The average molecular weight is 327 g/mol. The van der Waals surface area contributed by atoms with E-state index in [-0.39, 0.29) is 17.7 Å². The van der Waals surface area contributed by atoms with Gasteiger partial charge in [0.15, 0.2) is 5.60 Å². The number of likely N-dealkylation sites (tertiary alicyclic amines) is 1. The number of hydrogen-bond acceptors (Lipinski definition) is 4. The van der Waals surface area contributed by atoms with Crippen LogP contribution in [0, 0.1) is 0 Å². The summed E-state index contributed by atoms with van der Waals surface area (Å²) in [5, 5.41) is 10.1. The largest absolute Gasteiger partial charge is 0.422 e. The van der Waals surface area contributed by atoms with E-state index >= 15 is 0 Å². The van der Waals surface area contributed by atoms with E-state index in [0.717, 1.165) is 4.90 Å². The molecule has 8 heteroatoms. The number of β-amino-alcohol motifs (C(OH)–C–C–N with tert-alkyl or cyclic N) is 1. The van der Waals surface area contributed by atoms with Gasteiger partial charge in [-0.2, -0.15) is 13.2 Å². The molecule has 3 rings (SSSR count). The van der Waals surface area contributed by atoms with Crippen LogP contribution in [0.25, 0.3) is 11.0 Å². The van der Waals surface area contributed by atoms with Crippen molar-refractivity contribution in [3.8, 4) is 0 Å². The van der Waals surface area contributed by atoms with Crippen molar-refractivity contribution in [3.63, 3.8) is 0 Å². The fraction of sp³-hybridized carbons (Fsp3) is 0.333. The molecule has 5 nitrogen and oxygen atoms in total. The smallest absolute Gasteiger partial charge is 0.419 e. The first-order valence-electron chi connectivity index (χ1n) is 6.82. The van der Waals surface area contributed by atoms with Gasteiger partial charge < -0.3 is 14.4 Å². The van der Waals surface area contributed by atoms with Gasteiger partial charge in [-0.3, -0.25) is 4.79 Å². The number of fused-ring (bicyclic) bond motifs is 1. The molecule has 1 amide bonds. The number of nitrogens with zero attached hydrogens (tertiary/aromatic N) is 1. The minimum absolute atomic E-state index is 0.280. The minimum Gasteiger partial charge on any atom is -0.422 e. The van der Waals surface area contributed by atoms with Gasteiger partial charge in [-0.1, -0.05) is 18.2 Å². The van der Waals surface area contributed by atoms with Crippen LogP contribution >= 0.6 is 0 Å². The van der Waals surface area contributed by atoms with Gasteiger partial charge in [0.1, 0.15) is 11.1 Å².